The third-order valence-corrected chi connectivity index (χ3v) is 3.98. The maximum Gasteiger partial charge on any atom is 0.250 e. The van der Waals surface area contributed by atoms with Gasteiger partial charge in [0.25, 0.3) is 5.91 Å². The van der Waals surface area contributed by atoms with Crippen LogP contribution in [0.15, 0.2) is 11.1 Å². The van der Waals surface area contributed by atoms with Gasteiger partial charge >= 0.3 is 0 Å². The molecule has 1 aliphatic carbocycles. The van der Waals surface area contributed by atoms with Crippen LogP contribution in [0.5, 0.6) is 0 Å². The lowest BCUT2D eigenvalue weighted by Crippen LogP contribution is -2.33. The molecule has 0 spiro atoms. The molecule has 2 aliphatic rings. The molecule has 0 saturated heterocycles. The van der Waals surface area contributed by atoms with E-state index >= 15 is 0 Å². The van der Waals surface area contributed by atoms with E-state index in [-0.39, 0.29) is 24.3 Å². The summed E-state index contributed by atoms with van der Waals surface area (Å²) in [5.74, 6) is -0.0590. The summed E-state index contributed by atoms with van der Waals surface area (Å²) < 4.78 is 4.88. The number of rotatable bonds is 5. The van der Waals surface area contributed by atoms with Gasteiger partial charge in [0.15, 0.2) is 0 Å². The second-order valence-corrected chi connectivity index (χ2v) is 5.20. The number of carbonyl (C=O) groups is 2. The Morgan fingerprint density at radius 3 is 3.00 bits per heavy atom. The highest BCUT2D eigenvalue weighted by atomic mass is 16.5. The van der Waals surface area contributed by atoms with Crippen molar-refractivity contribution in [2.24, 2.45) is 0 Å². The maximum atomic E-state index is 12.2. The molecule has 2 rings (SSSR count). The van der Waals surface area contributed by atoms with Crippen molar-refractivity contribution in [3.63, 3.8) is 0 Å². The summed E-state index contributed by atoms with van der Waals surface area (Å²) in [5, 5.41) is 2.77. The summed E-state index contributed by atoms with van der Waals surface area (Å²) in [6, 6.07) is 0.239. The van der Waals surface area contributed by atoms with Crippen LogP contribution in [0.25, 0.3) is 0 Å². The normalized spacial score (nSPS) is 22.7. The van der Waals surface area contributed by atoms with Gasteiger partial charge in [0.2, 0.25) is 5.91 Å². The van der Waals surface area contributed by atoms with Crippen molar-refractivity contribution in [2.75, 3.05) is 27.3 Å². The zero-order valence-corrected chi connectivity index (χ0v) is 11.7. The lowest BCUT2D eigenvalue weighted by molar-refractivity contribution is -0.128. The summed E-state index contributed by atoms with van der Waals surface area (Å²) in [6.45, 7) is 0.986. The first kappa shape index (κ1) is 14.1. The van der Waals surface area contributed by atoms with Crippen molar-refractivity contribution in [1.29, 1.82) is 0 Å². The summed E-state index contributed by atoms with van der Waals surface area (Å²) in [5.41, 5.74) is 1.92. The van der Waals surface area contributed by atoms with Crippen LogP contribution in [0, 0.1) is 0 Å². The van der Waals surface area contributed by atoms with Crippen LogP contribution in [0.3, 0.4) is 0 Å². The predicted octanol–water partition coefficient (Wildman–Crippen LogP) is 0.850. The Bertz CT molecular complexity index is 403. The standard InChI is InChI=1S/C14H22N2O3/c1-16-12-6-4-3-5-10(12)11(14(16)18)9-13(17)15-7-8-19-2/h12H,3-9H2,1-2H3,(H,15,17). The molecule has 0 bridgehead atoms. The second kappa shape index (κ2) is 6.19. The molecule has 1 atom stereocenters. The van der Waals surface area contributed by atoms with E-state index < -0.39 is 0 Å². The number of nitrogens with one attached hydrogen (secondary N) is 1. The molecule has 0 aromatic rings. The first-order valence-corrected chi connectivity index (χ1v) is 6.90. The van der Waals surface area contributed by atoms with Crippen molar-refractivity contribution in [3.8, 4) is 0 Å². The molecular weight excluding hydrogens is 244 g/mol. The molecule has 1 heterocycles. The van der Waals surface area contributed by atoms with E-state index in [1.54, 1.807) is 12.0 Å². The highest BCUT2D eigenvalue weighted by Crippen LogP contribution is 2.36. The molecule has 1 unspecified atom stereocenters. The summed E-state index contributed by atoms with van der Waals surface area (Å²) >= 11 is 0. The van der Waals surface area contributed by atoms with Gasteiger partial charge in [0.1, 0.15) is 0 Å². The van der Waals surface area contributed by atoms with Gasteiger partial charge in [-0.15, -0.1) is 0 Å². The average molecular weight is 266 g/mol. The Labute approximate surface area is 114 Å². The molecule has 0 radical (unpaired) electrons. The first-order chi connectivity index (χ1) is 9.15. The molecule has 1 N–H and O–H groups in total. The van der Waals surface area contributed by atoms with Crippen LogP contribution in [0.4, 0.5) is 0 Å². The van der Waals surface area contributed by atoms with Crippen molar-refractivity contribution in [2.45, 2.75) is 38.1 Å². The van der Waals surface area contributed by atoms with Crippen molar-refractivity contribution in [3.05, 3.63) is 11.1 Å². The maximum absolute atomic E-state index is 12.2. The number of nitrogens with zero attached hydrogens (tertiary/aromatic N) is 1. The molecule has 1 aliphatic heterocycles. The molecule has 5 nitrogen and oxygen atoms in total. The quantitative estimate of drug-likeness (QED) is 0.751. The van der Waals surface area contributed by atoms with Gasteiger partial charge in [-0.05, 0) is 24.8 Å². The smallest absolute Gasteiger partial charge is 0.250 e. The van der Waals surface area contributed by atoms with Crippen LogP contribution in [0.1, 0.15) is 32.1 Å². The van der Waals surface area contributed by atoms with Gasteiger partial charge < -0.3 is 15.0 Å². The SMILES string of the molecule is COCCNC(=O)CC1=C2CCCCC2N(C)C1=O. The number of methoxy groups -OCH3 is 1. The number of hydrogen-bond acceptors (Lipinski definition) is 3. The summed E-state index contributed by atoms with van der Waals surface area (Å²) in [6.07, 6.45) is 4.49. The van der Waals surface area contributed by atoms with E-state index in [9.17, 15) is 9.59 Å². The molecule has 2 amide bonds. The molecular formula is C14H22N2O3. The number of ether oxygens (including phenoxy) is 1. The van der Waals surface area contributed by atoms with Gasteiger partial charge in [-0.25, -0.2) is 0 Å². The number of fused-ring (bicyclic) bond motifs is 1. The number of amides is 2. The highest BCUT2D eigenvalue weighted by Gasteiger charge is 2.38. The third kappa shape index (κ3) is 2.97. The fraction of sp³-hybridized carbons (Fsp3) is 0.714. The minimum atomic E-state index is -0.0903. The minimum absolute atomic E-state index is 0.0313. The Hall–Kier alpha value is -1.36. The molecule has 19 heavy (non-hydrogen) atoms. The average Bonchev–Trinajstić information content (AvgIpc) is 2.65. The Balaban J connectivity index is 2.01. The molecule has 0 aromatic heterocycles. The van der Waals surface area contributed by atoms with Crippen LogP contribution in [-0.4, -0.2) is 50.1 Å². The van der Waals surface area contributed by atoms with E-state index in [1.165, 1.54) is 12.0 Å². The van der Waals surface area contributed by atoms with Gasteiger partial charge in [-0.2, -0.15) is 0 Å². The molecule has 5 heteroatoms. The lowest BCUT2D eigenvalue weighted by atomic mass is 9.88. The number of likely N-dealkylation sites (N-methyl/N-ethyl adjacent to an activating group) is 1. The van der Waals surface area contributed by atoms with E-state index in [0.717, 1.165) is 24.8 Å². The van der Waals surface area contributed by atoms with E-state index in [1.807, 2.05) is 7.05 Å². The fourth-order valence-electron chi connectivity index (χ4n) is 2.97. The highest BCUT2D eigenvalue weighted by molar-refractivity contribution is 6.02. The van der Waals surface area contributed by atoms with Crippen LogP contribution in [0.2, 0.25) is 0 Å². The monoisotopic (exact) mass is 266 g/mol. The van der Waals surface area contributed by atoms with E-state index in [4.69, 9.17) is 4.74 Å². The second-order valence-electron chi connectivity index (χ2n) is 5.20. The molecule has 106 valence electrons. The third-order valence-electron chi connectivity index (χ3n) is 3.98. The lowest BCUT2D eigenvalue weighted by Gasteiger charge is -2.26. The summed E-state index contributed by atoms with van der Waals surface area (Å²) in [7, 11) is 3.44. The number of hydrogen-bond donors (Lipinski definition) is 1. The van der Waals surface area contributed by atoms with Crippen LogP contribution < -0.4 is 5.32 Å². The van der Waals surface area contributed by atoms with E-state index in [2.05, 4.69) is 5.32 Å². The Morgan fingerprint density at radius 1 is 1.47 bits per heavy atom. The van der Waals surface area contributed by atoms with Crippen molar-refractivity contribution in [1.82, 2.24) is 10.2 Å². The molecule has 1 fully saturated rings. The molecule has 1 saturated carbocycles. The Morgan fingerprint density at radius 2 is 2.26 bits per heavy atom. The van der Waals surface area contributed by atoms with Crippen molar-refractivity contribution < 1.29 is 14.3 Å². The van der Waals surface area contributed by atoms with Crippen LogP contribution in [-0.2, 0) is 14.3 Å². The minimum Gasteiger partial charge on any atom is -0.383 e. The predicted molar refractivity (Wildman–Crippen MR) is 71.6 cm³/mol. The fourth-order valence-corrected chi connectivity index (χ4v) is 2.97. The largest absolute Gasteiger partial charge is 0.383 e. The molecule has 0 aromatic carbocycles. The van der Waals surface area contributed by atoms with Crippen LogP contribution >= 0.6 is 0 Å². The van der Waals surface area contributed by atoms with Gasteiger partial charge in [-0.3, -0.25) is 9.59 Å². The zero-order valence-electron chi connectivity index (χ0n) is 11.7. The van der Waals surface area contributed by atoms with E-state index in [0.29, 0.717) is 13.2 Å². The van der Waals surface area contributed by atoms with Crippen molar-refractivity contribution >= 4 is 11.8 Å². The topological polar surface area (TPSA) is 58.6 Å². The first-order valence-electron chi connectivity index (χ1n) is 6.90. The Kier molecular flexibility index (Phi) is 4.58. The summed E-state index contributed by atoms with van der Waals surface area (Å²) in [4.78, 5) is 25.8. The van der Waals surface area contributed by atoms with Gasteiger partial charge in [-0.1, -0.05) is 6.42 Å². The van der Waals surface area contributed by atoms with Gasteiger partial charge in [0, 0.05) is 26.3 Å². The number of carbonyl (C=O) groups excluding carboxylic acids is 2. The zero-order chi connectivity index (χ0) is 13.8. The van der Waals surface area contributed by atoms with Gasteiger partial charge in [0.05, 0.1) is 19.1 Å².